The number of amides is 1. The number of carbonyl (C=O) groups is 1. The zero-order chi connectivity index (χ0) is 13.9. The van der Waals surface area contributed by atoms with E-state index >= 15 is 0 Å². The molecule has 0 radical (unpaired) electrons. The molecule has 6 nitrogen and oxygen atoms in total. The lowest BCUT2D eigenvalue weighted by atomic mass is 10.0. The molecule has 20 heavy (non-hydrogen) atoms. The highest BCUT2D eigenvalue weighted by Gasteiger charge is 2.25. The van der Waals surface area contributed by atoms with Crippen molar-refractivity contribution in [1.29, 1.82) is 0 Å². The number of nitrogens with one attached hydrogen (secondary N) is 1. The summed E-state index contributed by atoms with van der Waals surface area (Å²) in [7, 11) is 0. The van der Waals surface area contributed by atoms with Gasteiger partial charge in [-0.1, -0.05) is 0 Å². The largest absolute Gasteiger partial charge is 0.343 e. The lowest BCUT2D eigenvalue weighted by Gasteiger charge is -2.14. The first-order valence-electron chi connectivity index (χ1n) is 6.79. The van der Waals surface area contributed by atoms with Crippen LogP contribution >= 0.6 is 0 Å². The van der Waals surface area contributed by atoms with Crippen LogP contribution in [-0.2, 0) is 11.2 Å². The maximum atomic E-state index is 11.4. The van der Waals surface area contributed by atoms with Gasteiger partial charge < -0.3 is 9.88 Å². The van der Waals surface area contributed by atoms with Gasteiger partial charge in [0.05, 0.1) is 5.69 Å². The van der Waals surface area contributed by atoms with E-state index in [4.69, 9.17) is 0 Å². The third-order valence-electron chi connectivity index (χ3n) is 3.71. The van der Waals surface area contributed by atoms with Gasteiger partial charge in [-0.15, -0.1) is 0 Å². The minimum absolute atomic E-state index is 0.151. The van der Waals surface area contributed by atoms with Gasteiger partial charge in [0, 0.05) is 44.8 Å². The first-order chi connectivity index (χ1) is 9.74. The quantitative estimate of drug-likeness (QED) is 0.912. The van der Waals surface area contributed by atoms with Gasteiger partial charge in [0.25, 0.3) is 0 Å². The molecule has 1 saturated heterocycles. The van der Waals surface area contributed by atoms with E-state index in [2.05, 4.69) is 19.9 Å². The molecule has 6 heteroatoms. The lowest BCUT2D eigenvalue weighted by molar-refractivity contribution is -0.127. The van der Waals surface area contributed by atoms with E-state index in [1.165, 1.54) is 0 Å². The molecule has 0 bridgehead atoms. The van der Waals surface area contributed by atoms with Crippen LogP contribution in [0, 0.1) is 5.92 Å². The van der Waals surface area contributed by atoms with Crippen LogP contribution in [0.4, 0.5) is 0 Å². The Morgan fingerprint density at radius 1 is 1.35 bits per heavy atom. The topological polar surface area (TPSA) is 74.8 Å². The Bertz CT molecular complexity index is 595. The number of likely N-dealkylation sites (tertiary alicyclic amines) is 1. The molecule has 3 rings (SSSR count). The number of H-pyrrole nitrogens is 1. The Labute approximate surface area is 117 Å². The van der Waals surface area contributed by atoms with Gasteiger partial charge >= 0.3 is 0 Å². The molecule has 2 aromatic rings. The molecule has 1 fully saturated rings. The number of rotatable bonds is 3. The summed E-state index contributed by atoms with van der Waals surface area (Å²) in [6.07, 6.45) is 8.72. The molecule has 1 atom stereocenters. The molecule has 0 unspecified atom stereocenters. The van der Waals surface area contributed by atoms with Gasteiger partial charge in [-0.2, -0.15) is 0 Å². The zero-order valence-corrected chi connectivity index (χ0v) is 11.4. The standard InChI is InChI=1S/C14H17N5O/c1-10(20)19-7-2-11(9-19)8-12-13(16-4-3-15-12)14-17-5-6-18-14/h3-6,11H,2,7-9H2,1H3,(H,17,18)/t11-/m1/s1. The SMILES string of the molecule is CC(=O)N1CC[C@H](Cc2nccnc2-c2ncc[nH]2)C1. The summed E-state index contributed by atoms with van der Waals surface area (Å²) < 4.78 is 0. The number of imidazole rings is 1. The number of nitrogens with zero attached hydrogens (tertiary/aromatic N) is 4. The highest BCUT2D eigenvalue weighted by atomic mass is 16.2. The van der Waals surface area contributed by atoms with Crippen LogP contribution in [0.3, 0.4) is 0 Å². The van der Waals surface area contributed by atoms with Crippen molar-refractivity contribution in [3.63, 3.8) is 0 Å². The van der Waals surface area contributed by atoms with Crippen molar-refractivity contribution in [2.45, 2.75) is 19.8 Å². The van der Waals surface area contributed by atoms with E-state index < -0.39 is 0 Å². The molecule has 104 valence electrons. The average molecular weight is 271 g/mol. The van der Waals surface area contributed by atoms with Crippen LogP contribution in [0.2, 0.25) is 0 Å². The highest BCUT2D eigenvalue weighted by Crippen LogP contribution is 2.24. The highest BCUT2D eigenvalue weighted by molar-refractivity contribution is 5.73. The minimum atomic E-state index is 0.151. The Kier molecular flexibility index (Phi) is 3.45. The third-order valence-corrected chi connectivity index (χ3v) is 3.71. The van der Waals surface area contributed by atoms with E-state index in [9.17, 15) is 4.79 Å². The van der Waals surface area contributed by atoms with Crippen molar-refractivity contribution in [2.75, 3.05) is 13.1 Å². The van der Waals surface area contributed by atoms with E-state index in [0.29, 0.717) is 5.92 Å². The van der Waals surface area contributed by atoms with Crippen LogP contribution in [0.1, 0.15) is 19.0 Å². The summed E-state index contributed by atoms with van der Waals surface area (Å²) in [5.41, 5.74) is 1.75. The fourth-order valence-corrected chi connectivity index (χ4v) is 2.67. The molecule has 0 spiro atoms. The molecule has 3 heterocycles. The van der Waals surface area contributed by atoms with Crippen molar-refractivity contribution in [2.24, 2.45) is 5.92 Å². The number of aromatic amines is 1. The Balaban J connectivity index is 1.77. The summed E-state index contributed by atoms with van der Waals surface area (Å²) in [5.74, 6) is 1.34. The molecule has 2 aromatic heterocycles. The Hall–Kier alpha value is -2.24. The smallest absolute Gasteiger partial charge is 0.219 e. The molecule has 1 aliphatic heterocycles. The molecule has 0 aromatic carbocycles. The minimum Gasteiger partial charge on any atom is -0.343 e. The molecular formula is C14H17N5O. The monoisotopic (exact) mass is 271 g/mol. The molecular weight excluding hydrogens is 254 g/mol. The van der Waals surface area contributed by atoms with E-state index in [1.807, 2.05) is 4.90 Å². The molecule has 1 amide bonds. The fraction of sp³-hybridized carbons (Fsp3) is 0.429. The van der Waals surface area contributed by atoms with Crippen LogP contribution in [0.25, 0.3) is 11.5 Å². The van der Waals surface area contributed by atoms with Crippen LogP contribution in [0.5, 0.6) is 0 Å². The number of hydrogen-bond donors (Lipinski definition) is 1. The lowest BCUT2D eigenvalue weighted by Crippen LogP contribution is -2.26. The summed E-state index contributed by atoms with van der Waals surface area (Å²) in [6.45, 7) is 3.28. The van der Waals surface area contributed by atoms with Gasteiger partial charge in [-0.25, -0.2) is 9.97 Å². The van der Waals surface area contributed by atoms with Crippen molar-refractivity contribution in [3.05, 3.63) is 30.5 Å². The predicted molar refractivity (Wildman–Crippen MR) is 73.7 cm³/mol. The molecule has 1 N–H and O–H groups in total. The predicted octanol–water partition coefficient (Wildman–Crippen LogP) is 1.28. The molecule has 0 saturated carbocycles. The van der Waals surface area contributed by atoms with Gasteiger partial charge in [-0.05, 0) is 18.8 Å². The van der Waals surface area contributed by atoms with Crippen LogP contribution in [0.15, 0.2) is 24.8 Å². The van der Waals surface area contributed by atoms with E-state index in [0.717, 1.165) is 43.1 Å². The van der Waals surface area contributed by atoms with E-state index in [-0.39, 0.29) is 5.91 Å². The van der Waals surface area contributed by atoms with Gasteiger partial charge in [0.1, 0.15) is 5.69 Å². The number of aromatic nitrogens is 4. The first kappa shape index (κ1) is 12.8. The zero-order valence-electron chi connectivity index (χ0n) is 11.4. The molecule has 1 aliphatic rings. The second-order valence-corrected chi connectivity index (χ2v) is 5.11. The van der Waals surface area contributed by atoms with Crippen molar-refractivity contribution >= 4 is 5.91 Å². The second kappa shape index (κ2) is 5.40. The maximum Gasteiger partial charge on any atom is 0.219 e. The normalized spacial score (nSPS) is 18.4. The van der Waals surface area contributed by atoms with Gasteiger partial charge in [0.2, 0.25) is 5.91 Å². The molecule has 0 aliphatic carbocycles. The summed E-state index contributed by atoms with van der Waals surface area (Å²) in [4.78, 5) is 29.4. The van der Waals surface area contributed by atoms with Crippen molar-refractivity contribution in [3.8, 4) is 11.5 Å². The van der Waals surface area contributed by atoms with Gasteiger partial charge in [0.15, 0.2) is 5.82 Å². The Morgan fingerprint density at radius 3 is 2.90 bits per heavy atom. The number of carbonyl (C=O) groups excluding carboxylic acids is 1. The fourth-order valence-electron chi connectivity index (χ4n) is 2.67. The van der Waals surface area contributed by atoms with Gasteiger partial charge in [-0.3, -0.25) is 9.78 Å². The summed E-state index contributed by atoms with van der Waals surface area (Å²) in [6, 6.07) is 0. The van der Waals surface area contributed by atoms with Crippen molar-refractivity contribution < 1.29 is 4.79 Å². The average Bonchev–Trinajstić information content (AvgIpc) is 3.10. The first-order valence-corrected chi connectivity index (χ1v) is 6.79. The maximum absolute atomic E-state index is 11.4. The summed E-state index contributed by atoms with van der Waals surface area (Å²) in [5, 5.41) is 0. The van der Waals surface area contributed by atoms with Crippen LogP contribution in [-0.4, -0.2) is 43.8 Å². The Morgan fingerprint density at radius 2 is 2.20 bits per heavy atom. The summed E-state index contributed by atoms with van der Waals surface area (Å²) >= 11 is 0. The van der Waals surface area contributed by atoms with Crippen LogP contribution < -0.4 is 0 Å². The second-order valence-electron chi connectivity index (χ2n) is 5.11. The number of hydrogen-bond acceptors (Lipinski definition) is 4. The van der Waals surface area contributed by atoms with E-state index in [1.54, 1.807) is 31.7 Å². The third kappa shape index (κ3) is 2.54. The van der Waals surface area contributed by atoms with Crippen molar-refractivity contribution in [1.82, 2.24) is 24.8 Å².